The van der Waals surface area contributed by atoms with Crippen LogP contribution in [0.3, 0.4) is 0 Å². The molecule has 0 bridgehead atoms. The van der Waals surface area contributed by atoms with E-state index in [0.717, 1.165) is 16.8 Å². The largest absolute Gasteiger partial charge is 0.502 e. The highest BCUT2D eigenvalue weighted by Gasteiger charge is 2.20. The fraction of sp³-hybridized carbons (Fsp3) is 0.136. The summed E-state index contributed by atoms with van der Waals surface area (Å²) in [6.07, 6.45) is 3.42. The fourth-order valence-electron chi connectivity index (χ4n) is 3.18. The van der Waals surface area contributed by atoms with Gasteiger partial charge in [0.2, 0.25) is 5.75 Å². The van der Waals surface area contributed by atoms with Gasteiger partial charge in [-0.25, -0.2) is 4.98 Å². The zero-order valence-electron chi connectivity index (χ0n) is 16.7. The topological polar surface area (TPSA) is 101 Å². The van der Waals surface area contributed by atoms with Crippen LogP contribution in [0.25, 0.3) is 22.3 Å². The predicted molar refractivity (Wildman–Crippen MR) is 113 cm³/mol. The van der Waals surface area contributed by atoms with E-state index in [0.29, 0.717) is 16.9 Å². The van der Waals surface area contributed by atoms with Crippen LogP contribution < -0.4 is 14.4 Å². The molecule has 0 fully saturated rings. The van der Waals surface area contributed by atoms with Crippen molar-refractivity contribution in [2.45, 2.75) is 0 Å². The van der Waals surface area contributed by atoms with Gasteiger partial charge in [-0.05, 0) is 30.3 Å². The third-order valence-corrected chi connectivity index (χ3v) is 4.84. The van der Waals surface area contributed by atoms with Crippen molar-refractivity contribution in [2.75, 3.05) is 26.2 Å². The van der Waals surface area contributed by atoms with Crippen molar-refractivity contribution >= 4 is 22.6 Å². The molecule has 8 heteroatoms. The first-order chi connectivity index (χ1) is 14.5. The number of amides is 1. The summed E-state index contributed by atoms with van der Waals surface area (Å²) < 4.78 is 10.4. The number of H-pyrrole nitrogens is 1. The van der Waals surface area contributed by atoms with Crippen LogP contribution in [0.1, 0.15) is 10.5 Å². The highest BCUT2D eigenvalue weighted by Crippen LogP contribution is 2.40. The van der Waals surface area contributed by atoms with Gasteiger partial charge in [0.1, 0.15) is 5.69 Å². The number of rotatable bonds is 5. The van der Waals surface area contributed by atoms with Gasteiger partial charge in [0, 0.05) is 37.1 Å². The first-order valence-corrected chi connectivity index (χ1v) is 9.15. The Labute approximate surface area is 172 Å². The van der Waals surface area contributed by atoms with E-state index in [9.17, 15) is 9.90 Å². The average Bonchev–Trinajstić information content (AvgIpc) is 3.22. The maximum absolute atomic E-state index is 13.1. The molecule has 0 aliphatic heterocycles. The smallest absolute Gasteiger partial charge is 0.274 e. The van der Waals surface area contributed by atoms with E-state index >= 15 is 0 Å². The number of aromatic nitrogens is 3. The summed E-state index contributed by atoms with van der Waals surface area (Å²) in [6.45, 7) is 0. The molecule has 1 amide bonds. The molecular weight excluding hydrogens is 384 g/mol. The molecule has 0 aliphatic carbocycles. The number of phenolic OH excluding ortho intramolecular Hbond substituents is 1. The number of nitrogens with one attached hydrogen (secondary N) is 1. The number of fused-ring (bicyclic) bond motifs is 1. The lowest BCUT2D eigenvalue weighted by molar-refractivity contribution is 0.0989. The highest BCUT2D eigenvalue weighted by molar-refractivity contribution is 6.07. The normalized spacial score (nSPS) is 10.8. The van der Waals surface area contributed by atoms with Crippen molar-refractivity contribution < 1.29 is 19.4 Å². The molecule has 0 unspecified atom stereocenters. The van der Waals surface area contributed by atoms with E-state index in [2.05, 4.69) is 15.0 Å². The van der Waals surface area contributed by atoms with Gasteiger partial charge in [-0.2, -0.15) is 0 Å². The molecule has 4 rings (SSSR count). The van der Waals surface area contributed by atoms with Crippen molar-refractivity contribution in [2.24, 2.45) is 0 Å². The first-order valence-electron chi connectivity index (χ1n) is 9.15. The second kappa shape index (κ2) is 7.75. The lowest BCUT2D eigenvalue weighted by atomic mass is 10.2. The first kappa shape index (κ1) is 19.3. The molecule has 1 aromatic carbocycles. The fourth-order valence-corrected chi connectivity index (χ4v) is 3.18. The number of anilines is 1. The Morgan fingerprint density at radius 2 is 1.70 bits per heavy atom. The quantitative estimate of drug-likeness (QED) is 0.527. The summed E-state index contributed by atoms with van der Waals surface area (Å²) in [4.78, 5) is 26.3. The molecule has 0 radical (unpaired) electrons. The van der Waals surface area contributed by atoms with Crippen molar-refractivity contribution in [3.63, 3.8) is 0 Å². The summed E-state index contributed by atoms with van der Waals surface area (Å²) in [5, 5.41) is 10.1. The maximum atomic E-state index is 13.1. The Morgan fingerprint density at radius 1 is 1.03 bits per heavy atom. The number of aromatic hydroxyl groups is 1. The number of pyridine rings is 2. The number of methoxy groups -OCH3 is 2. The number of benzene rings is 1. The van der Waals surface area contributed by atoms with E-state index in [1.165, 1.54) is 19.1 Å². The van der Waals surface area contributed by atoms with Crippen molar-refractivity contribution in [3.05, 3.63) is 60.6 Å². The number of carbonyl (C=O) groups excluding carboxylic acids is 1. The Kier molecular flexibility index (Phi) is 4.97. The molecule has 2 N–H and O–H groups in total. The number of hydrogen-bond acceptors (Lipinski definition) is 6. The van der Waals surface area contributed by atoms with Gasteiger partial charge in [0.25, 0.3) is 5.91 Å². The SMILES string of the molecule is COc1cc(N(C)C(=O)c2cc3nc(-c4ccncc4)ccc3[nH]2)cc(OC)c1O. The Hall–Kier alpha value is -4.07. The Morgan fingerprint density at radius 3 is 2.33 bits per heavy atom. The van der Waals surface area contributed by atoms with Crippen molar-refractivity contribution in [1.82, 2.24) is 15.0 Å². The highest BCUT2D eigenvalue weighted by atomic mass is 16.5. The van der Waals surface area contributed by atoms with Crippen LogP contribution in [0.5, 0.6) is 17.2 Å². The van der Waals surface area contributed by atoms with Gasteiger partial charge < -0.3 is 24.5 Å². The zero-order chi connectivity index (χ0) is 21.3. The molecule has 0 aliphatic rings. The van der Waals surface area contributed by atoms with Crippen LogP contribution in [0.4, 0.5) is 5.69 Å². The monoisotopic (exact) mass is 404 g/mol. The van der Waals surface area contributed by atoms with Gasteiger partial charge in [-0.3, -0.25) is 9.78 Å². The molecule has 0 saturated heterocycles. The zero-order valence-corrected chi connectivity index (χ0v) is 16.7. The molecule has 0 saturated carbocycles. The number of ether oxygens (including phenoxy) is 2. The molecule has 3 aromatic heterocycles. The van der Waals surface area contributed by atoms with Crippen LogP contribution in [0.2, 0.25) is 0 Å². The summed E-state index contributed by atoms with van der Waals surface area (Å²) in [6, 6.07) is 12.4. The van der Waals surface area contributed by atoms with Crippen LogP contribution in [0.15, 0.2) is 54.9 Å². The number of nitrogens with zero attached hydrogens (tertiary/aromatic N) is 3. The molecule has 4 aromatic rings. The maximum Gasteiger partial charge on any atom is 0.274 e. The second-order valence-corrected chi connectivity index (χ2v) is 6.61. The number of aromatic amines is 1. The Balaban J connectivity index is 1.68. The predicted octanol–water partition coefficient (Wildman–Crippen LogP) is 3.62. The molecule has 3 heterocycles. The standard InChI is InChI=1S/C22H20N4O4/c1-26(14-10-19(29-2)21(27)20(11-14)30-3)22(28)18-12-17-16(25-18)5-4-15(24-17)13-6-8-23-9-7-13/h4-12,25,27H,1-3H3. The number of phenols is 1. The van der Waals surface area contributed by atoms with Crippen molar-refractivity contribution in [1.29, 1.82) is 0 Å². The average molecular weight is 404 g/mol. The summed E-state index contributed by atoms with van der Waals surface area (Å²) in [5.74, 6) is 0.0323. The molecule has 30 heavy (non-hydrogen) atoms. The van der Waals surface area contributed by atoms with Gasteiger partial charge in [-0.15, -0.1) is 0 Å². The third kappa shape index (κ3) is 3.39. The molecule has 0 spiro atoms. The van der Waals surface area contributed by atoms with Gasteiger partial charge in [0.05, 0.1) is 36.6 Å². The minimum atomic E-state index is -0.270. The lowest BCUT2D eigenvalue weighted by Gasteiger charge is -2.19. The Bertz CT molecular complexity index is 1200. The number of carbonyl (C=O) groups is 1. The van der Waals surface area contributed by atoms with Crippen LogP contribution in [-0.2, 0) is 0 Å². The minimum absolute atomic E-state index is 0.122. The van der Waals surface area contributed by atoms with E-state index in [-0.39, 0.29) is 23.2 Å². The van der Waals surface area contributed by atoms with E-state index in [4.69, 9.17) is 9.47 Å². The van der Waals surface area contributed by atoms with E-state index < -0.39 is 0 Å². The number of hydrogen-bond donors (Lipinski definition) is 2. The molecule has 8 nitrogen and oxygen atoms in total. The third-order valence-electron chi connectivity index (χ3n) is 4.84. The second-order valence-electron chi connectivity index (χ2n) is 6.61. The summed E-state index contributed by atoms with van der Waals surface area (Å²) >= 11 is 0. The van der Waals surface area contributed by atoms with Gasteiger partial charge >= 0.3 is 0 Å². The lowest BCUT2D eigenvalue weighted by Crippen LogP contribution is -2.26. The van der Waals surface area contributed by atoms with Crippen LogP contribution in [0, 0.1) is 0 Å². The summed E-state index contributed by atoms with van der Waals surface area (Å²) in [7, 11) is 4.50. The molecular formula is C22H20N4O4. The van der Waals surface area contributed by atoms with Gasteiger partial charge in [0.15, 0.2) is 11.5 Å². The van der Waals surface area contributed by atoms with Crippen LogP contribution in [-0.4, -0.2) is 47.2 Å². The van der Waals surface area contributed by atoms with E-state index in [1.807, 2.05) is 24.3 Å². The van der Waals surface area contributed by atoms with E-state index in [1.54, 1.807) is 37.6 Å². The molecule has 0 atom stereocenters. The minimum Gasteiger partial charge on any atom is -0.502 e. The molecule has 152 valence electrons. The van der Waals surface area contributed by atoms with Crippen LogP contribution >= 0.6 is 0 Å². The van der Waals surface area contributed by atoms with Crippen molar-refractivity contribution in [3.8, 4) is 28.5 Å². The van der Waals surface area contributed by atoms with Gasteiger partial charge in [-0.1, -0.05) is 0 Å². The summed E-state index contributed by atoms with van der Waals surface area (Å²) in [5.41, 5.74) is 4.08.